The first-order valence-corrected chi connectivity index (χ1v) is 6.31. The van der Waals surface area contributed by atoms with Crippen LogP contribution in [0.4, 0.5) is 5.69 Å². The molecule has 0 spiro atoms. The SMILES string of the molecule is CCOC(=O)C(NC)c1ccc2c(c1)CC(=O)N2C. The number of fused-ring (bicyclic) bond motifs is 1. The first-order valence-electron chi connectivity index (χ1n) is 6.31. The number of nitrogens with zero attached hydrogens (tertiary/aromatic N) is 1. The molecule has 0 radical (unpaired) electrons. The fraction of sp³-hybridized carbons (Fsp3) is 0.429. The maximum Gasteiger partial charge on any atom is 0.327 e. The summed E-state index contributed by atoms with van der Waals surface area (Å²) >= 11 is 0. The fourth-order valence-electron chi connectivity index (χ4n) is 2.32. The Morgan fingerprint density at radius 3 is 2.89 bits per heavy atom. The first kappa shape index (κ1) is 13.5. The molecule has 5 heteroatoms. The second kappa shape index (κ2) is 5.40. The van der Waals surface area contributed by atoms with Gasteiger partial charge >= 0.3 is 5.97 Å². The number of likely N-dealkylation sites (N-methyl/N-ethyl adjacent to an activating group) is 2. The number of anilines is 1. The van der Waals surface area contributed by atoms with Crippen LogP contribution in [0.2, 0.25) is 0 Å². The number of ether oxygens (including phenoxy) is 1. The lowest BCUT2D eigenvalue weighted by Gasteiger charge is -2.16. The second-order valence-electron chi connectivity index (χ2n) is 4.49. The molecule has 1 aliphatic heterocycles. The number of hydrogen-bond acceptors (Lipinski definition) is 4. The first-order chi connectivity index (χ1) is 9.08. The van der Waals surface area contributed by atoms with Gasteiger partial charge in [0.05, 0.1) is 13.0 Å². The van der Waals surface area contributed by atoms with E-state index in [1.54, 1.807) is 25.9 Å². The molecule has 5 nitrogen and oxygen atoms in total. The van der Waals surface area contributed by atoms with E-state index in [9.17, 15) is 9.59 Å². The predicted octanol–water partition coefficient (Wildman–Crippen LogP) is 1.03. The van der Waals surface area contributed by atoms with Crippen LogP contribution in [0.5, 0.6) is 0 Å². The molecule has 0 saturated carbocycles. The van der Waals surface area contributed by atoms with Crippen LogP contribution in [0, 0.1) is 0 Å². The Labute approximate surface area is 112 Å². The van der Waals surface area contributed by atoms with Gasteiger partial charge in [-0.1, -0.05) is 12.1 Å². The molecule has 0 bridgehead atoms. The molecule has 0 aromatic heterocycles. The molecule has 1 atom stereocenters. The third-order valence-corrected chi connectivity index (χ3v) is 3.32. The molecule has 1 amide bonds. The highest BCUT2D eigenvalue weighted by atomic mass is 16.5. The highest BCUT2D eigenvalue weighted by molar-refractivity contribution is 6.01. The van der Waals surface area contributed by atoms with Gasteiger partial charge < -0.3 is 15.0 Å². The van der Waals surface area contributed by atoms with Crippen molar-refractivity contribution in [2.24, 2.45) is 0 Å². The zero-order valence-electron chi connectivity index (χ0n) is 11.4. The lowest BCUT2D eigenvalue weighted by molar-refractivity contribution is -0.145. The summed E-state index contributed by atoms with van der Waals surface area (Å²) in [6.45, 7) is 2.13. The number of carbonyl (C=O) groups is 2. The van der Waals surface area contributed by atoms with Crippen molar-refractivity contribution in [3.8, 4) is 0 Å². The number of rotatable bonds is 4. The molecule has 1 heterocycles. The Kier molecular flexibility index (Phi) is 3.85. The van der Waals surface area contributed by atoms with Crippen LogP contribution >= 0.6 is 0 Å². The van der Waals surface area contributed by atoms with Crippen LogP contribution in [0.25, 0.3) is 0 Å². The lowest BCUT2D eigenvalue weighted by atomic mass is 10.0. The number of amides is 1. The van der Waals surface area contributed by atoms with E-state index in [0.717, 1.165) is 16.8 Å². The predicted molar refractivity (Wildman–Crippen MR) is 72.0 cm³/mol. The van der Waals surface area contributed by atoms with E-state index in [-0.39, 0.29) is 11.9 Å². The van der Waals surface area contributed by atoms with Gasteiger partial charge in [-0.05, 0) is 31.2 Å². The summed E-state index contributed by atoms with van der Waals surface area (Å²) in [6, 6.07) is 5.13. The molecule has 19 heavy (non-hydrogen) atoms. The van der Waals surface area contributed by atoms with Crippen molar-refractivity contribution >= 4 is 17.6 Å². The van der Waals surface area contributed by atoms with Crippen LogP contribution in [0.1, 0.15) is 24.1 Å². The Bertz CT molecular complexity index is 513. The van der Waals surface area contributed by atoms with Crippen molar-refractivity contribution in [1.29, 1.82) is 0 Å². The molecule has 1 unspecified atom stereocenters. The summed E-state index contributed by atoms with van der Waals surface area (Å²) in [7, 11) is 3.47. The molecule has 1 aliphatic rings. The maximum absolute atomic E-state index is 11.8. The van der Waals surface area contributed by atoms with Gasteiger partial charge in [-0.25, -0.2) is 4.79 Å². The molecule has 2 rings (SSSR count). The van der Waals surface area contributed by atoms with Crippen LogP contribution in [-0.4, -0.2) is 32.6 Å². The average molecular weight is 262 g/mol. The zero-order chi connectivity index (χ0) is 14.0. The molecule has 0 fully saturated rings. The van der Waals surface area contributed by atoms with E-state index in [4.69, 9.17) is 4.74 Å². The fourth-order valence-corrected chi connectivity index (χ4v) is 2.32. The van der Waals surface area contributed by atoms with Gasteiger partial charge in [0.1, 0.15) is 6.04 Å². The molecule has 0 aliphatic carbocycles. The molecule has 1 N–H and O–H groups in total. The van der Waals surface area contributed by atoms with E-state index in [0.29, 0.717) is 13.0 Å². The Balaban J connectivity index is 2.29. The van der Waals surface area contributed by atoms with E-state index in [1.807, 2.05) is 18.2 Å². The third-order valence-electron chi connectivity index (χ3n) is 3.32. The average Bonchev–Trinajstić information content (AvgIpc) is 2.66. The van der Waals surface area contributed by atoms with Crippen LogP contribution in [-0.2, 0) is 20.7 Å². The Morgan fingerprint density at radius 2 is 2.26 bits per heavy atom. The summed E-state index contributed by atoms with van der Waals surface area (Å²) in [6.07, 6.45) is 0.388. The van der Waals surface area contributed by atoms with E-state index >= 15 is 0 Å². The molecule has 102 valence electrons. The normalized spacial score (nSPS) is 15.3. The van der Waals surface area contributed by atoms with Crippen molar-refractivity contribution in [1.82, 2.24) is 5.32 Å². The topological polar surface area (TPSA) is 58.6 Å². The zero-order valence-corrected chi connectivity index (χ0v) is 11.4. The highest BCUT2D eigenvalue weighted by Gasteiger charge is 2.27. The van der Waals surface area contributed by atoms with Crippen molar-refractivity contribution in [2.75, 3.05) is 25.6 Å². The van der Waals surface area contributed by atoms with Crippen molar-refractivity contribution in [3.05, 3.63) is 29.3 Å². The number of benzene rings is 1. The second-order valence-corrected chi connectivity index (χ2v) is 4.49. The van der Waals surface area contributed by atoms with Gasteiger partial charge in [0.15, 0.2) is 0 Å². The van der Waals surface area contributed by atoms with Crippen molar-refractivity contribution in [3.63, 3.8) is 0 Å². The number of carbonyl (C=O) groups excluding carboxylic acids is 2. The molecule has 0 saturated heterocycles. The van der Waals surface area contributed by atoms with Gasteiger partial charge in [-0.15, -0.1) is 0 Å². The van der Waals surface area contributed by atoms with E-state index < -0.39 is 6.04 Å². The number of nitrogens with one attached hydrogen (secondary N) is 1. The summed E-state index contributed by atoms with van der Waals surface area (Å²) in [5, 5.41) is 2.94. The molecular formula is C14H18N2O3. The third kappa shape index (κ3) is 2.46. The molecule has 1 aromatic rings. The summed E-state index contributed by atoms with van der Waals surface area (Å²) in [5.74, 6) is -0.230. The quantitative estimate of drug-likeness (QED) is 0.823. The lowest BCUT2D eigenvalue weighted by Crippen LogP contribution is -2.27. The van der Waals surface area contributed by atoms with Crippen LogP contribution in [0.15, 0.2) is 18.2 Å². The standard InChI is InChI=1S/C14H18N2O3/c1-4-19-14(18)13(15-2)9-5-6-11-10(7-9)8-12(17)16(11)3/h5-7,13,15H,4,8H2,1-3H3. The Morgan fingerprint density at radius 1 is 1.53 bits per heavy atom. The summed E-state index contributed by atoms with van der Waals surface area (Å²) in [5.41, 5.74) is 2.69. The van der Waals surface area contributed by atoms with Gasteiger partial charge in [0, 0.05) is 12.7 Å². The summed E-state index contributed by atoms with van der Waals surface area (Å²) in [4.78, 5) is 25.1. The van der Waals surface area contributed by atoms with Gasteiger partial charge in [-0.2, -0.15) is 0 Å². The minimum atomic E-state index is -0.494. The van der Waals surface area contributed by atoms with Crippen LogP contribution in [0.3, 0.4) is 0 Å². The number of hydrogen-bond donors (Lipinski definition) is 1. The van der Waals surface area contributed by atoms with E-state index in [2.05, 4.69) is 5.32 Å². The van der Waals surface area contributed by atoms with Gasteiger partial charge in [-0.3, -0.25) is 4.79 Å². The summed E-state index contributed by atoms with van der Waals surface area (Å²) < 4.78 is 5.03. The molecule has 1 aromatic carbocycles. The van der Waals surface area contributed by atoms with Crippen molar-refractivity contribution < 1.29 is 14.3 Å². The smallest absolute Gasteiger partial charge is 0.327 e. The minimum Gasteiger partial charge on any atom is -0.465 e. The number of esters is 1. The molecular weight excluding hydrogens is 244 g/mol. The minimum absolute atomic E-state index is 0.0734. The Hall–Kier alpha value is -1.88. The van der Waals surface area contributed by atoms with Gasteiger partial charge in [0.25, 0.3) is 0 Å². The van der Waals surface area contributed by atoms with Crippen molar-refractivity contribution in [2.45, 2.75) is 19.4 Å². The monoisotopic (exact) mass is 262 g/mol. The maximum atomic E-state index is 11.8. The van der Waals surface area contributed by atoms with Crippen LogP contribution < -0.4 is 10.2 Å². The van der Waals surface area contributed by atoms with Gasteiger partial charge in [0.2, 0.25) is 5.91 Å². The largest absolute Gasteiger partial charge is 0.465 e. The van der Waals surface area contributed by atoms with E-state index in [1.165, 1.54) is 0 Å². The highest BCUT2D eigenvalue weighted by Crippen LogP contribution is 2.30.